The second-order valence-electron chi connectivity index (χ2n) is 5.65. The van der Waals surface area contributed by atoms with Crippen molar-refractivity contribution in [3.63, 3.8) is 0 Å². The maximum Gasteiger partial charge on any atom is 0.346 e. The summed E-state index contributed by atoms with van der Waals surface area (Å²) in [5.41, 5.74) is 0.505. The highest BCUT2D eigenvalue weighted by atomic mass is 31.2. The Morgan fingerprint density at radius 2 is 1.79 bits per heavy atom. The summed E-state index contributed by atoms with van der Waals surface area (Å²) < 4.78 is 52.5. The van der Waals surface area contributed by atoms with Crippen molar-refractivity contribution in [1.82, 2.24) is 9.34 Å². The predicted octanol–water partition coefficient (Wildman–Crippen LogP) is 3.56. The molecule has 3 atom stereocenters. The number of nitrogens with zero attached hydrogens (tertiary/aromatic N) is 3. The average molecular weight is 351 g/mol. The quantitative estimate of drug-likeness (QED) is 0.343. The van der Waals surface area contributed by atoms with E-state index in [1.54, 1.807) is 31.2 Å². The minimum atomic E-state index is -3.93. The Morgan fingerprint density at radius 1 is 1.21 bits per heavy atom. The van der Waals surface area contributed by atoms with E-state index in [0.29, 0.717) is 16.3 Å². The standard InChI is InChI=1S/C16H18N3O4P/c1-12(23-24(22,17-8-9-17)18-10-11-18)13-6-7-16(19(20)21)15-5-3-2-4-14(13)15/h2-7,12H,8-11H2,1H3/i8D2,10D2. The zero-order chi connectivity index (χ0) is 20.5. The fraction of sp³-hybridized carbons (Fsp3) is 0.375. The van der Waals surface area contributed by atoms with Gasteiger partial charge in [0.15, 0.2) is 0 Å². The second kappa shape index (κ2) is 5.63. The minimum absolute atomic E-state index is 0.0562. The van der Waals surface area contributed by atoms with Crippen molar-refractivity contribution in [2.45, 2.75) is 13.0 Å². The van der Waals surface area contributed by atoms with Gasteiger partial charge < -0.3 is 0 Å². The molecular weight excluding hydrogens is 329 g/mol. The molecule has 3 unspecified atom stereocenters. The zero-order valence-corrected chi connectivity index (χ0v) is 13.8. The first-order valence-corrected chi connectivity index (χ1v) is 9.01. The first kappa shape index (κ1) is 11.7. The van der Waals surface area contributed by atoms with Gasteiger partial charge in [0.2, 0.25) is 0 Å². The molecule has 8 heteroatoms. The minimum Gasteiger partial charge on any atom is -0.298 e. The lowest BCUT2D eigenvalue weighted by molar-refractivity contribution is -0.383. The third-order valence-electron chi connectivity index (χ3n) is 4.07. The topological polar surface area (TPSA) is 75.5 Å². The summed E-state index contributed by atoms with van der Waals surface area (Å²) in [6.07, 6.45) is -0.802. The van der Waals surface area contributed by atoms with Crippen LogP contribution in [0.3, 0.4) is 0 Å². The Morgan fingerprint density at radius 3 is 2.33 bits per heavy atom. The van der Waals surface area contributed by atoms with Crippen molar-refractivity contribution >= 4 is 24.1 Å². The van der Waals surface area contributed by atoms with E-state index in [9.17, 15) is 14.7 Å². The lowest BCUT2D eigenvalue weighted by Gasteiger charge is -2.24. The molecule has 2 heterocycles. The molecule has 0 bridgehead atoms. The van der Waals surface area contributed by atoms with Gasteiger partial charge in [-0.25, -0.2) is 9.34 Å². The van der Waals surface area contributed by atoms with Crippen molar-refractivity contribution in [3.8, 4) is 0 Å². The summed E-state index contributed by atoms with van der Waals surface area (Å²) in [4.78, 5) is 10.8. The molecule has 0 amide bonds. The summed E-state index contributed by atoms with van der Waals surface area (Å²) >= 11 is 0. The van der Waals surface area contributed by atoms with E-state index >= 15 is 0 Å². The van der Waals surface area contributed by atoms with Crippen LogP contribution < -0.4 is 0 Å². The molecule has 0 saturated carbocycles. The number of rotatable bonds is 6. The van der Waals surface area contributed by atoms with E-state index in [0.717, 1.165) is 9.34 Å². The number of benzene rings is 2. The Balaban J connectivity index is 1.72. The SMILES string of the molecule is [2H]C1([2H])CN1P(=O)(OC(C)c1ccc([N+](=O)[O-])c2ccccc12)N1CC1([2H])[2H]. The van der Waals surface area contributed by atoms with Gasteiger partial charge in [0.1, 0.15) is 0 Å². The van der Waals surface area contributed by atoms with Gasteiger partial charge in [-0.2, -0.15) is 0 Å². The maximum absolute atomic E-state index is 13.5. The van der Waals surface area contributed by atoms with Crippen LogP contribution in [-0.2, 0) is 9.09 Å². The largest absolute Gasteiger partial charge is 0.346 e. The van der Waals surface area contributed by atoms with Gasteiger partial charge in [-0.15, -0.1) is 0 Å². The van der Waals surface area contributed by atoms with E-state index in [1.165, 1.54) is 12.1 Å². The molecule has 2 aromatic rings. The van der Waals surface area contributed by atoms with Crippen molar-refractivity contribution in [2.24, 2.45) is 0 Å². The number of non-ortho nitro benzene ring substituents is 1. The number of fused-ring (bicyclic) bond motifs is 1. The van der Waals surface area contributed by atoms with Crippen LogP contribution in [0, 0.1) is 10.1 Å². The summed E-state index contributed by atoms with van der Waals surface area (Å²) in [5, 5.41) is 12.3. The molecule has 0 spiro atoms. The van der Waals surface area contributed by atoms with Crippen molar-refractivity contribution in [1.29, 1.82) is 0 Å². The first-order valence-electron chi connectivity index (χ1n) is 9.48. The van der Waals surface area contributed by atoms with Gasteiger partial charge >= 0.3 is 7.67 Å². The Labute approximate surface area is 145 Å². The molecule has 2 saturated heterocycles. The Kier molecular flexibility index (Phi) is 2.75. The average Bonchev–Trinajstić information content (AvgIpc) is 3.47. The molecule has 24 heavy (non-hydrogen) atoms. The second-order valence-corrected chi connectivity index (χ2v) is 7.80. The molecular formula is C16H18N3O4P. The molecule has 2 aliphatic heterocycles. The highest BCUT2D eigenvalue weighted by molar-refractivity contribution is 7.54. The molecule has 0 radical (unpaired) electrons. The highest BCUT2D eigenvalue weighted by Crippen LogP contribution is 2.63. The van der Waals surface area contributed by atoms with Crippen LogP contribution in [-0.4, -0.2) is 40.3 Å². The summed E-state index contributed by atoms with van der Waals surface area (Å²) in [7, 11) is -3.93. The van der Waals surface area contributed by atoms with Gasteiger partial charge in [0, 0.05) is 37.6 Å². The van der Waals surface area contributed by atoms with E-state index in [2.05, 4.69) is 0 Å². The van der Waals surface area contributed by atoms with Gasteiger partial charge in [0.05, 0.1) is 16.4 Å². The van der Waals surface area contributed by atoms with Crippen molar-refractivity contribution in [3.05, 3.63) is 52.1 Å². The van der Waals surface area contributed by atoms with E-state index < -0.39 is 31.7 Å². The summed E-state index contributed by atoms with van der Waals surface area (Å²) in [6.45, 7) is -2.22. The summed E-state index contributed by atoms with van der Waals surface area (Å²) in [5.74, 6) is 0. The maximum atomic E-state index is 13.5. The van der Waals surface area contributed by atoms with E-state index in [4.69, 9.17) is 10.0 Å². The molecule has 4 rings (SSSR count). The van der Waals surface area contributed by atoms with Gasteiger partial charge in [-0.1, -0.05) is 18.2 Å². The molecule has 2 aromatic carbocycles. The van der Waals surface area contributed by atoms with Crippen LogP contribution in [0.1, 0.15) is 24.1 Å². The van der Waals surface area contributed by atoms with E-state index in [-0.39, 0.29) is 18.8 Å². The number of nitro benzene ring substituents is 1. The number of hydrogen-bond acceptors (Lipinski definition) is 4. The molecule has 2 fully saturated rings. The molecule has 0 N–H and O–H groups in total. The van der Waals surface area contributed by atoms with Crippen molar-refractivity contribution in [2.75, 3.05) is 26.1 Å². The Bertz CT molecular complexity index is 1010. The fourth-order valence-corrected chi connectivity index (χ4v) is 4.60. The predicted molar refractivity (Wildman–Crippen MR) is 90.9 cm³/mol. The van der Waals surface area contributed by atoms with Crippen LogP contribution in [0.4, 0.5) is 5.69 Å². The molecule has 126 valence electrons. The fourth-order valence-electron chi connectivity index (χ4n) is 2.75. The molecule has 7 nitrogen and oxygen atoms in total. The highest BCUT2D eigenvalue weighted by Gasteiger charge is 2.50. The van der Waals surface area contributed by atoms with E-state index in [1.807, 2.05) is 0 Å². The van der Waals surface area contributed by atoms with Crippen molar-refractivity contribution < 1.29 is 19.5 Å². The number of nitro groups is 1. The van der Waals surface area contributed by atoms with Crippen LogP contribution >= 0.6 is 7.67 Å². The summed E-state index contributed by atoms with van der Waals surface area (Å²) in [6, 6.07) is 9.63. The molecule has 0 aliphatic carbocycles. The lowest BCUT2D eigenvalue weighted by Crippen LogP contribution is -2.11. The zero-order valence-electron chi connectivity index (χ0n) is 16.9. The lowest BCUT2D eigenvalue weighted by atomic mass is 10.00. The monoisotopic (exact) mass is 351 g/mol. The van der Waals surface area contributed by atoms with Crippen LogP contribution in [0.2, 0.25) is 0 Å². The normalized spacial score (nSPS) is 32.5. The van der Waals surface area contributed by atoms with Gasteiger partial charge in [-0.3, -0.25) is 19.2 Å². The third-order valence-corrected chi connectivity index (χ3v) is 6.45. The van der Waals surface area contributed by atoms with Crippen LogP contribution in [0.5, 0.6) is 0 Å². The first-order chi connectivity index (χ1) is 13.0. The van der Waals surface area contributed by atoms with Gasteiger partial charge in [0.25, 0.3) is 5.69 Å². The number of hydrogen-bond donors (Lipinski definition) is 0. The smallest absolute Gasteiger partial charge is 0.298 e. The molecule has 0 aromatic heterocycles. The third kappa shape index (κ3) is 2.63. The van der Waals surface area contributed by atoms with Gasteiger partial charge in [-0.05, 0) is 30.0 Å². The Hall–Kier alpha value is -1.79. The molecule has 2 aliphatic rings. The van der Waals surface area contributed by atoms with Crippen LogP contribution in [0.25, 0.3) is 10.8 Å². The van der Waals surface area contributed by atoms with Crippen LogP contribution in [0.15, 0.2) is 36.4 Å².